The van der Waals surface area contributed by atoms with Gasteiger partial charge >= 0.3 is 0 Å². The van der Waals surface area contributed by atoms with E-state index >= 15 is 0 Å². The van der Waals surface area contributed by atoms with E-state index in [1.807, 2.05) is 24.3 Å². The largest absolute Gasteiger partial charge is 0.392 e. The molecule has 0 unspecified atom stereocenters. The van der Waals surface area contributed by atoms with Crippen LogP contribution in [0.25, 0.3) is 0 Å². The van der Waals surface area contributed by atoms with E-state index in [2.05, 4.69) is 26.6 Å². The summed E-state index contributed by atoms with van der Waals surface area (Å²) in [6.45, 7) is 1.12. The molecule has 1 amide bonds. The van der Waals surface area contributed by atoms with Gasteiger partial charge in [-0.05, 0) is 30.5 Å². The van der Waals surface area contributed by atoms with Crippen LogP contribution in [0.5, 0.6) is 0 Å². The topological polar surface area (TPSA) is 61.4 Å². The van der Waals surface area contributed by atoms with Crippen molar-refractivity contribution in [2.75, 3.05) is 13.1 Å². The van der Waals surface area contributed by atoms with Gasteiger partial charge in [0.15, 0.2) is 0 Å². The first kappa shape index (κ1) is 13.5. The molecule has 1 fully saturated rings. The Hall–Kier alpha value is -0.910. The lowest BCUT2D eigenvalue weighted by Crippen LogP contribution is -2.41. The zero-order chi connectivity index (χ0) is 13.0. The Morgan fingerprint density at radius 2 is 2.17 bits per heavy atom. The zero-order valence-electron chi connectivity index (χ0n) is 10.0. The third-order valence-electron chi connectivity index (χ3n) is 3.05. The number of rotatable bonds is 4. The average Bonchev–Trinajstić information content (AvgIpc) is 2.78. The molecule has 1 aliphatic rings. The normalized spacial score (nSPS) is 23.0. The quantitative estimate of drug-likeness (QED) is 0.772. The highest BCUT2D eigenvalue weighted by Gasteiger charge is 2.27. The lowest BCUT2D eigenvalue weighted by Gasteiger charge is -2.10. The number of carbonyl (C=O) groups excluding carboxylic acids is 1. The van der Waals surface area contributed by atoms with Crippen LogP contribution in [-0.2, 0) is 11.2 Å². The summed E-state index contributed by atoms with van der Waals surface area (Å²) in [7, 11) is 0. The van der Waals surface area contributed by atoms with Crippen LogP contribution in [0.1, 0.15) is 12.0 Å². The van der Waals surface area contributed by atoms with Crippen molar-refractivity contribution in [1.29, 1.82) is 0 Å². The van der Waals surface area contributed by atoms with Gasteiger partial charge in [-0.25, -0.2) is 0 Å². The fourth-order valence-electron chi connectivity index (χ4n) is 2.02. The molecular weight excluding hydrogens is 296 g/mol. The van der Waals surface area contributed by atoms with Gasteiger partial charge in [0, 0.05) is 17.6 Å². The number of hydrogen-bond donors (Lipinski definition) is 3. The number of amides is 1. The molecular formula is C13H17BrN2O2. The van der Waals surface area contributed by atoms with Crippen molar-refractivity contribution in [3.8, 4) is 0 Å². The number of nitrogens with one attached hydrogen (secondary N) is 2. The first-order valence-electron chi connectivity index (χ1n) is 6.09. The predicted octanol–water partition coefficient (Wildman–Crippen LogP) is 0.831. The van der Waals surface area contributed by atoms with E-state index in [-0.39, 0.29) is 11.9 Å². The molecule has 5 heteroatoms. The van der Waals surface area contributed by atoms with Crippen molar-refractivity contribution in [2.45, 2.75) is 25.0 Å². The van der Waals surface area contributed by atoms with Crippen molar-refractivity contribution in [1.82, 2.24) is 10.6 Å². The Kier molecular flexibility index (Phi) is 4.74. The van der Waals surface area contributed by atoms with E-state index in [4.69, 9.17) is 0 Å². The summed E-state index contributed by atoms with van der Waals surface area (Å²) in [6.07, 6.45) is 0.922. The van der Waals surface area contributed by atoms with Crippen LogP contribution < -0.4 is 10.6 Å². The molecule has 2 rings (SSSR count). The Morgan fingerprint density at radius 3 is 2.78 bits per heavy atom. The molecule has 3 N–H and O–H groups in total. The molecule has 0 aromatic heterocycles. The van der Waals surface area contributed by atoms with Gasteiger partial charge in [-0.1, -0.05) is 28.1 Å². The Morgan fingerprint density at radius 1 is 1.44 bits per heavy atom. The summed E-state index contributed by atoms with van der Waals surface area (Å²) in [4.78, 5) is 11.7. The molecule has 1 heterocycles. The van der Waals surface area contributed by atoms with Gasteiger partial charge in [0.2, 0.25) is 5.91 Å². The van der Waals surface area contributed by atoms with E-state index in [0.717, 1.165) is 10.9 Å². The number of β-amino-alcohol motifs (C(OH)–C–C–N with tert-alkyl or cyclic N) is 1. The Balaban J connectivity index is 1.72. The molecule has 0 bridgehead atoms. The number of aliphatic hydroxyl groups is 1. The van der Waals surface area contributed by atoms with Gasteiger partial charge in [0.05, 0.1) is 12.1 Å². The van der Waals surface area contributed by atoms with Crippen LogP contribution >= 0.6 is 15.9 Å². The summed E-state index contributed by atoms with van der Waals surface area (Å²) < 4.78 is 1.06. The first-order chi connectivity index (χ1) is 8.65. The van der Waals surface area contributed by atoms with Gasteiger partial charge in [0.1, 0.15) is 0 Å². The third kappa shape index (κ3) is 3.80. The highest BCUT2D eigenvalue weighted by molar-refractivity contribution is 9.10. The van der Waals surface area contributed by atoms with E-state index in [1.165, 1.54) is 5.56 Å². The van der Waals surface area contributed by atoms with Crippen LogP contribution in [0.4, 0.5) is 0 Å². The Bertz CT molecular complexity index is 408. The smallest absolute Gasteiger partial charge is 0.237 e. The summed E-state index contributed by atoms with van der Waals surface area (Å²) in [5, 5.41) is 15.2. The highest BCUT2D eigenvalue weighted by Crippen LogP contribution is 2.10. The predicted molar refractivity (Wildman–Crippen MR) is 73.3 cm³/mol. The van der Waals surface area contributed by atoms with Gasteiger partial charge in [-0.15, -0.1) is 0 Å². The number of benzene rings is 1. The zero-order valence-corrected chi connectivity index (χ0v) is 11.6. The van der Waals surface area contributed by atoms with E-state index in [9.17, 15) is 9.90 Å². The second-order valence-electron chi connectivity index (χ2n) is 4.52. The molecule has 1 aromatic carbocycles. The minimum Gasteiger partial charge on any atom is -0.392 e. The first-order valence-corrected chi connectivity index (χ1v) is 6.88. The van der Waals surface area contributed by atoms with Gasteiger partial charge in [0.25, 0.3) is 0 Å². The fraction of sp³-hybridized carbons (Fsp3) is 0.462. The SMILES string of the molecule is O=C(NCCc1ccc(Br)cc1)[C@@H]1C[C@@H](O)CN1. The number of halogens is 1. The Labute approximate surface area is 115 Å². The maximum atomic E-state index is 11.7. The summed E-state index contributed by atoms with van der Waals surface area (Å²) >= 11 is 3.39. The molecule has 1 aromatic rings. The van der Waals surface area contributed by atoms with Crippen molar-refractivity contribution in [3.63, 3.8) is 0 Å². The number of carbonyl (C=O) groups is 1. The fourth-order valence-corrected chi connectivity index (χ4v) is 2.29. The van der Waals surface area contributed by atoms with Crippen molar-refractivity contribution in [2.24, 2.45) is 0 Å². The molecule has 0 radical (unpaired) electrons. The van der Waals surface area contributed by atoms with Crippen LogP contribution in [0.3, 0.4) is 0 Å². The number of aliphatic hydroxyl groups excluding tert-OH is 1. The lowest BCUT2D eigenvalue weighted by molar-refractivity contribution is -0.122. The summed E-state index contributed by atoms with van der Waals surface area (Å²) in [5.41, 5.74) is 1.19. The minimum atomic E-state index is -0.396. The number of hydrogen-bond acceptors (Lipinski definition) is 3. The molecule has 1 aliphatic heterocycles. The van der Waals surface area contributed by atoms with Gasteiger partial charge < -0.3 is 15.7 Å². The lowest BCUT2D eigenvalue weighted by atomic mass is 10.1. The molecule has 0 aliphatic carbocycles. The van der Waals surface area contributed by atoms with Crippen LogP contribution in [0.2, 0.25) is 0 Å². The average molecular weight is 313 g/mol. The van der Waals surface area contributed by atoms with Gasteiger partial charge in [-0.2, -0.15) is 0 Å². The summed E-state index contributed by atoms with van der Waals surface area (Å²) in [6, 6.07) is 7.81. The van der Waals surface area contributed by atoms with Gasteiger partial charge in [-0.3, -0.25) is 4.79 Å². The molecule has 0 saturated carbocycles. The van der Waals surface area contributed by atoms with E-state index in [0.29, 0.717) is 19.5 Å². The second kappa shape index (κ2) is 6.31. The highest BCUT2D eigenvalue weighted by atomic mass is 79.9. The minimum absolute atomic E-state index is 0.0244. The molecule has 2 atom stereocenters. The van der Waals surface area contributed by atoms with Crippen molar-refractivity contribution < 1.29 is 9.90 Å². The van der Waals surface area contributed by atoms with Crippen LogP contribution in [0, 0.1) is 0 Å². The van der Waals surface area contributed by atoms with E-state index < -0.39 is 6.10 Å². The standard InChI is InChI=1S/C13H17BrN2O2/c14-10-3-1-9(2-4-10)5-6-15-13(18)12-7-11(17)8-16-12/h1-4,11-12,16-17H,5-8H2,(H,15,18)/t11-,12+/m1/s1. The van der Waals surface area contributed by atoms with Crippen LogP contribution in [-0.4, -0.2) is 36.2 Å². The second-order valence-corrected chi connectivity index (χ2v) is 5.43. The molecule has 18 heavy (non-hydrogen) atoms. The van der Waals surface area contributed by atoms with Crippen molar-refractivity contribution in [3.05, 3.63) is 34.3 Å². The third-order valence-corrected chi connectivity index (χ3v) is 3.58. The van der Waals surface area contributed by atoms with E-state index in [1.54, 1.807) is 0 Å². The van der Waals surface area contributed by atoms with Crippen molar-refractivity contribution >= 4 is 21.8 Å². The summed E-state index contributed by atoms with van der Waals surface area (Å²) in [5.74, 6) is -0.0244. The maximum absolute atomic E-state index is 11.7. The maximum Gasteiger partial charge on any atom is 0.237 e. The van der Waals surface area contributed by atoms with Crippen LogP contribution in [0.15, 0.2) is 28.7 Å². The molecule has 0 spiro atoms. The molecule has 1 saturated heterocycles. The monoisotopic (exact) mass is 312 g/mol. The molecule has 4 nitrogen and oxygen atoms in total. The molecule has 98 valence electrons.